The van der Waals surface area contributed by atoms with Crippen LogP contribution >= 0.6 is 0 Å². The summed E-state index contributed by atoms with van der Waals surface area (Å²) in [5, 5.41) is 13.6. The summed E-state index contributed by atoms with van der Waals surface area (Å²) in [5.41, 5.74) is 0.693. The van der Waals surface area contributed by atoms with Crippen molar-refractivity contribution in [2.45, 2.75) is 24.7 Å². The van der Waals surface area contributed by atoms with Gasteiger partial charge in [0.25, 0.3) is 15.9 Å². The number of carbonyl (C=O) groups excluding carboxylic acids is 1. The van der Waals surface area contributed by atoms with Crippen LogP contribution in [-0.4, -0.2) is 36.7 Å². The molecule has 9 nitrogen and oxygen atoms in total. The quantitative estimate of drug-likeness (QED) is 0.585. The van der Waals surface area contributed by atoms with Crippen LogP contribution in [0.4, 0.5) is 5.69 Å². The Kier molecular flexibility index (Phi) is 5.55. The number of anilines is 1. The smallest absolute Gasteiger partial charge is 0.341 e. The molecule has 0 unspecified atom stereocenters. The van der Waals surface area contributed by atoms with E-state index in [1.807, 2.05) is 13.8 Å². The number of nitrogens with one attached hydrogen (secondary N) is 1. The lowest BCUT2D eigenvalue weighted by atomic mass is 10.2. The highest BCUT2D eigenvalue weighted by Gasteiger charge is 2.20. The lowest BCUT2D eigenvalue weighted by Gasteiger charge is -2.10. The van der Waals surface area contributed by atoms with Crippen LogP contribution in [0.2, 0.25) is 0 Å². The molecule has 2 aromatic carbocycles. The number of benzene rings is 2. The van der Waals surface area contributed by atoms with E-state index in [1.54, 1.807) is 24.3 Å². The number of phenols is 1. The van der Waals surface area contributed by atoms with Crippen LogP contribution in [0.15, 0.2) is 51.9 Å². The molecule has 1 heterocycles. The Balaban J connectivity index is 1.83. The van der Waals surface area contributed by atoms with Gasteiger partial charge in [-0.15, -0.1) is 0 Å². The molecule has 0 aliphatic heterocycles. The number of ether oxygens (including phenoxy) is 1. The van der Waals surface area contributed by atoms with Crippen molar-refractivity contribution < 1.29 is 27.6 Å². The SMILES string of the molecule is COC(=O)c1cc(S(=O)(=O)Nc2ccc(-c3nc(C(C)C)no3)cc2)ccc1O. The lowest BCUT2D eigenvalue weighted by Crippen LogP contribution is -2.14. The van der Waals surface area contributed by atoms with Gasteiger partial charge in [0.15, 0.2) is 5.82 Å². The first-order chi connectivity index (χ1) is 13.7. The molecule has 0 atom stereocenters. The van der Waals surface area contributed by atoms with Gasteiger partial charge in [-0.05, 0) is 42.5 Å². The van der Waals surface area contributed by atoms with E-state index in [4.69, 9.17) is 4.52 Å². The number of aromatic nitrogens is 2. The summed E-state index contributed by atoms with van der Waals surface area (Å²) in [5.74, 6) is -0.175. The van der Waals surface area contributed by atoms with Crippen molar-refractivity contribution in [2.24, 2.45) is 0 Å². The van der Waals surface area contributed by atoms with E-state index < -0.39 is 16.0 Å². The molecule has 0 radical (unpaired) electrons. The van der Waals surface area contributed by atoms with Gasteiger partial charge in [-0.1, -0.05) is 19.0 Å². The first-order valence-corrected chi connectivity index (χ1v) is 10.1. The van der Waals surface area contributed by atoms with Gasteiger partial charge >= 0.3 is 5.97 Å². The van der Waals surface area contributed by atoms with E-state index in [9.17, 15) is 18.3 Å². The number of carbonyl (C=O) groups is 1. The molecular formula is C19H19N3O6S. The maximum absolute atomic E-state index is 12.6. The minimum absolute atomic E-state index is 0.124. The Labute approximate surface area is 167 Å². The van der Waals surface area contributed by atoms with Gasteiger partial charge < -0.3 is 14.4 Å². The van der Waals surface area contributed by atoms with Gasteiger partial charge in [0.2, 0.25) is 0 Å². The summed E-state index contributed by atoms with van der Waals surface area (Å²) in [6.45, 7) is 3.89. The van der Waals surface area contributed by atoms with Gasteiger partial charge in [-0.3, -0.25) is 4.72 Å². The Bertz CT molecular complexity index is 1140. The second kappa shape index (κ2) is 7.92. The Hall–Kier alpha value is -3.40. The fourth-order valence-corrected chi connectivity index (χ4v) is 3.52. The van der Waals surface area contributed by atoms with E-state index in [2.05, 4.69) is 19.6 Å². The van der Waals surface area contributed by atoms with Crippen molar-refractivity contribution in [2.75, 3.05) is 11.8 Å². The van der Waals surface area contributed by atoms with Crippen molar-refractivity contribution in [3.63, 3.8) is 0 Å². The van der Waals surface area contributed by atoms with Gasteiger partial charge in [-0.2, -0.15) is 4.98 Å². The number of sulfonamides is 1. The van der Waals surface area contributed by atoms with E-state index in [-0.39, 0.29) is 22.1 Å². The summed E-state index contributed by atoms with van der Waals surface area (Å²) in [6.07, 6.45) is 0. The third-order valence-corrected chi connectivity index (χ3v) is 5.40. The molecule has 0 amide bonds. The molecule has 0 aliphatic rings. The molecular weight excluding hydrogens is 398 g/mol. The predicted octanol–water partition coefficient (Wildman–Crippen LogP) is 3.15. The molecule has 3 rings (SSSR count). The first kappa shape index (κ1) is 20.3. The zero-order valence-corrected chi connectivity index (χ0v) is 16.7. The zero-order chi connectivity index (χ0) is 21.2. The van der Waals surface area contributed by atoms with Crippen molar-refractivity contribution >= 4 is 21.7 Å². The van der Waals surface area contributed by atoms with Crippen LogP contribution in [0.5, 0.6) is 5.75 Å². The number of methoxy groups -OCH3 is 1. The molecule has 29 heavy (non-hydrogen) atoms. The standard InChI is InChI=1S/C19H19N3O6S/c1-11(2)17-20-18(28-21-17)12-4-6-13(7-5-12)22-29(25,26)14-8-9-16(23)15(10-14)19(24)27-3/h4-11,22-23H,1-3H3. The van der Waals surface area contributed by atoms with E-state index in [0.717, 1.165) is 19.2 Å². The monoisotopic (exact) mass is 417 g/mol. The second-order valence-electron chi connectivity index (χ2n) is 6.47. The molecule has 0 spiro atoms. The third kappa shape index (κ3) is 4.37. The van der Waals surface area contributed by atoms with E-state index in [1.165, 1.54) is 6.07 Å². The number of hydrogen-bond acceptors (Lipinski definition) is 8. The summed E-state index contributed by atoms with van der Waals surface area (Å²) in [4.78, 5) is 15.8. The molecule has 0 fully saturated rings. The van der Waals surface area contributed by atoms with Crippen LogP contribution < -0.4 is 4.72 Å². The van der Waals surface area contributed by atoms with Crippen LogP contribution in [0.1, 0.15) is 35.9 Å². The summed E-state index contributed by atoms with van der Waals surface area (Å²) >= 11 is 0. The molecule has 0 saturated carbocycles. The summed E-state index contributed by atoms with van der Waals surface area (Å²) in [7, 11) is -2.86. The molecule has 2 N–H and O–H groups in total. The van der Waals surface area contributed by atoms with E-state index in [0.29, 0.717) is 23.0 Å². The van der Waals surface area contributed by atoms with Crippen molar-refractivity contribution in [1.82, 2.24) is 10.1 Å². The van der Waals surface area contributed by atoms with Crippen LogP contribution in [0, 0.1) is 0 Å². The van der Waals surface area contributed by atoms with Crippen LogP contribution in [0.25, 0.3) is 11.5 Å². The molecule has 152 valence electrons. The van der Waals surface area contributed by atoms with Crippen molar-refractivity contribution in [1.29, 1.82) is 0 Å². The van der Waals surface area contributed by atoms with Crippen LogP contribution in [0.3, 0.4) is 0 Å². The minimum Gasteiger partial charge on any atom is -0.507 e. The Morgan fingerprint density at radius 1 is 1.17 bits per heavy atom. The van der Waals surface area contributed by atoms with Gasteiger partial charge in [0, 0.05) is 17.2 Å². The highest BCUT2D eigenvalue weighted by atomic mass is 32.2. The molecule has 0 bridgehead atoms. The number of rotatable bonds is 6. The minimum atomic E-state index is -4.00. The number of phenolic OH excluding ortho intramolecular Hbond substituents is 1. The Morgan fingerprint density at radius 2 is 1.86 bits per heavy atom. The normalized spacial score (nSPS) is 11.4. The van der Waals surface area contributed by atoms with E-state index >= 15 is 0 Å². The number of esters is 1. The molecule has 0 aliphatic carbocycles. The number of hydrogen-bond donors (Lipinski definition) is 2. The molecule has 1 aromatic heterocycles. The second-order valence-corrected chi connectivity index (χ2v) is 8.15. The molecule has 0 saturated heterocycles. The summed E-state index contributed by atoms with van der Waals surface area (Å²) < 4.78 is 37.4. The lowest BCUT2D eigenvalue weighted by molar-refractivity contribution is 0.0597. The fourth-order valence-electron chi connectivity index (χ4n) is 2.44. The maximum Gasteiger partial charge on any atom is 0.341 e. The van der Waals surface area contributed by atoms with Crippen molar-refractivity contribution in [3.8, 4) is 17.2 Å². The topological polar surface area (TPSA) is 132 Å². The fraction of sp³-hybridized carbons (Fsp3) is 0.211. The average Bonchev–Trinajstić information content (AvgIpc) is 3.18. The van der Waals surface area contributed by atoms with Crippen molar-refractivity contribution in [3.05, 3.63) is 53.9 Å². The molecule has 3 aromatic rings. The number of nitrogens with zero attached hydrogens (tertiary/aromatic N) is 2. The highest BCUT2D eigenvalue weighted by molar-refractivity contribution is 7.92. The molecule has 10 heteroatoms. The first-order valence-electron chi connectivity index (χ1n) is 8.59. The zero-order valence-electron chi connectivity index (χ0n) is 15.9. The van der Waals surface area contributed by atoms with Crippen LogP contribution in [-0.2, 0) is 14.8 Å². The highest BCUT2D eigenvalue weighted by Crippen LogP contribution is 2.25. The largest absolute Gasteiger partial charge is 0.507 e. The third-order valence-electron chi connectivity index (χ3n) is 4.03. The van der Waals surface area contributed by atoms with Gasteiger partial charge in [0.1, 0.15) is 11.3 Å². The van der Waals surface area contributed by atoms with Gasteiger partial charge in [0.05, 0.1) is 12.0 Å². The van der Waals surface area contributed by atoms with Gasteiger partial charge in [-0.25, -0.2) is 13.2 Å². The number of aromatic hydroxyl groups is 1. The maximum atomic E-state index is 12.6. The Morgan fingerprint density at radius 3 is 2.45 bits per heavy atom. The summed E-state index contributed by atoms with van der Waals surface area (Å²) in [6, 6.07) is 9.74. The predicted molar refractivity (Wildman–Crippen MR) is 104 cm³/mol. The average molecular weight is 417 g/mol.